The van der Waals surface area contributed by atoms with Crippen molar-refractivity contribution in [3.63, 3.8) is 0 Å². The summed E-state index contributed by atoms with van der Waals surface area (Å²) in [6, 6.07) is 8.05. The number of rotatable bonds is 7. The number of thioether (sulfide) groups is 1. The molecule has 1 aliphatic carbocycles. The van der Waals surface area contributed by atoms with Crippen LogP contribution in [-0.2, 0) is 4.79 Å². The van der Waals surface area contributed by atoms with E-state index < -0.39 is 0 Å². The van der Waals surface area contributed by atoms with Crippen LogP contribution in [-0.4, -0.2) is 22.9 Å². The number of anilines is 1. The molecule has 4 heteroatoms. The molecule has 3 nitrogen and oxygen atoms in total. The fraction of sp³-hybridized carbons (Fsp3) is 0.562. The summed E-state index contributed by atoms with van der Waals surface area (Å²) < 4.78 is 0. The van der Waals surface area contributed by atoms with Crippen LogP contribution in [0.3, 0.4) is 0 Å². The maximum Gasteiger partial charge on any atom is 0.224 e. The standard InChI is InChI=1S/C16H23NO2S/c18-12-6-5-11-16(19)17-14-9-3-4-10-15(14)20-13-7-1-2-8-13/h3-4,9-10,13,18H,1-2,5-8,11-12H2,(H,17,19). The van der Waals surface area contributed by atoms with Gasteiger partial charge in [-0.25, -0.2) is 0 Å². The van der Waals surface area contributed by atoms with Crippen molar-refractivity contribution in [1.29, 1.82) is 0 Å². The molecule has 0 bridgehead atoms. The van der Waals surface area contributed by atoms with E-state index >= 15 is 0 Å². The van der Waals surface area contributed by atoms with Crippen LogP contribution in [0.2, 0.25) is 0 Å². The molecule has 110 valence electrons. The summed E-state index contributed by atoms with van der Waals surface area (Å²) in [5, 5.41) is 12.4. The normalized spacial score (nSPS) is 15.4. The van der Waals surface area contributed by atoms with Gasteiger partial charge in [0.25, 0.3) is 0 Å². The Balaban J connectivity index is 1.91. The first-order valence-corrected chi connectivity index (χ1v) is 8.34. The molecule has 2 N–H and O–H groups in total. The van der Waals surface area contributed by atoms with Crippen LogP contribution in [0.4, 0.5) is 5.69 Å². The monoisotopic (exact) mass is 293 g/mol. The quantitative estimate of drug-likeness (QED) is 0.751. The van der Waals surface area contributed by atoms with Gasteiger partial charge in [-0.15, -0.1) is 11.8 Å². The highest BCUT2D eigenvalue weighted by Crippen LogP contribution is 2.38. The van der Waals surface area contributed by atoms with Crippen LogP contribution in [0.1, 0.15) is 44.9 Å². The summed E-state index contributed by atoms with van der Waals surface area (Å²) >= 11 is 1.89. The summed E-state index contributed by atoms with van der Waals surface area (Å²) in [4.78, 5) is 13.1. The minimum Gasteiger partial charge on any atom is -0.396 e. The highest BCUT2D eigenvalue weighted by Gasteiger charge is 2.17. The third-order valence-corrected chi connectivity index (χ3v) is 4.98. The van der Waals surface area contributed by atoms with Crippen LogP contribution in [0.15, 0.2) is 29.2 Å². The molecule has 0 aromatic heterocycles. The van der Waals surface area contributed by atoms with Gasteiger partial charge in [0.2, 0.25) is 5.91 Å². The molecular weight excluding hydrogens is 270 g/mol. The van der Waals surface area contributed by atoms with Gasteiger partial charge in [0.15, 0.2) is 0 Å². The number of unbranched alkanes of at least 4 members (excludes halogenated alkanes) is 1. The molecule has 0 spiro atoms. The highest BCUT2D eigenvalue weighted by molar-refractivity contribution is 8.00. The van der Waals surface area contributed by atoms with Gasteiger partial charge in [0, 0.05) is 23.2 Å². The largest absolute Gasteiger partial charge is 0.396 e. The van der Waals surface area contributed by atoms with E-state index in [9.17, 15) is 4.79 Å². The number of amides is 1. The van der Waals surface area contributed by atoms with E-state index in [0.717, 1.165) is 12.1 Å². The van der Waals surface area contributed by atoms with Crippen molar-refractivity contribution < 1.29 is 9.90 Å². The van der Waals surface area contributed by atoms with Gasteiger partial charge >= 0.3 is 0 Å². The van der Waals surface area contributed by atoms with Crippen LogP contribution in [0, 0.1) is 0 Å². The molecule has 1 aromatic rings. The maximum absolute atomic E-state index is 11.9. The van der Waals surface area contributed by atoms with Gasteiger partial charge in [0.1, 0.15) is 0 Å². The van der Waals surface area contributed by atoms with Crippen molar-refractivity contribution in [2.24, 2.45) is 0 Å². The van der Waals surface area contributed by atoms with E-state index in [0.29, 0.717) is 18.1 Å². The average Bonchev–Trinajstić information content (AvgIpc) is 2.94. The zero-order chi connectivity index (χ0) is 14.2. The second-order valence-corrected chi connectivity index (χ2v) is 6.59. The zero-order valence-corrected chi connectivity index (χ0v) is 12.6. The molecule has 1 aromatic carbocycles. The van der Waals surface area contributed by atoms with E-state index in [-0.39, 0.29) is 12.5 Å². The number of hydrogen-bond acceptors (Lipinski definition) is 3. The van der Waals surface area contributed by atoms with Gasteiger partial charge < -0.3 is 10.4 Å². The van der Waals surface area contributed by atoms with Crippen molar-refractivity contribution in [2.75, 3.05) is 11.9 Å². The van der Waals surface area contributed by atoms with Crippen molar-refractivity contribution in [1.82, 2.24) is 0 Å². The number of para-hydroxylation sites is 1. The molecule has 0 heterocycles. The fourth-order valence-corrected chi connectivity index (χ4v) is 3.80. The van der Waals surface area contributed by atoms with Crippen LogP contribution < -0.4 is 5.32 Å². The van der Waals surface area contributed by atoms with Crippen LogP contribution >= 0.6 is 11.8 Å². The predicted octanol–water partition coefficient (Wildman–Crippen LogP) is 3.82. The van der Waals surface area contributed by atoms with Gasteiger partial charge in [-0.05, 0) is 37.8 Å². The van der Waals surface area contributed by atoms with Gasteiger partial charge in [0.05, 0.1) is 5.69 Å². The van der Waals surface area contributed by atoms with E-state index in [1.807, 2.05) is 30.0 Å². The Kier molecular flexibility index (Phi) is 6.40. The molecule has 0 radical (unpaired) electrons. The maximum atomic E-state index is 11.9. The number of benzene rings is 1. The number of aliphatic hydroxyl groups is 1. The lowest BCUT2D eigenvalue weighted by atomic mass is 10.2. The van der Waals surface area contributed by atoms with E-state index in [1.165, 1.54) is 30.6 Å². The zero-order valence-electron chi connectivity index (χ0n) is 11.8. The fourth-order valence-electron chi connectivity index (χ4n) is 2.47. The van der Waals surface area contributed by atoms with E-state index in [2.05, 4.69) is 11.4 Å². The molecule has 1 aliphatic rings. The van der Waals surface area contributed by atoms with Crippen LogP contribution in [0.25, 0.3) is 0 Å². The van der Waals surface area contributed by atoms with Crippen molar-refractivity contribution >= 4 is 23.4 Å². The van der Waals surface area contributed by atoms with Crippen molar-refractivity contribution in [3.05, 3.63) is 24.3 Å². The Labute approximate surface area is 125 Å². The lowest BCUT2D eigenvalue weighted by molar-refractivity contribution is -0.116. The average molecular weight is 293 g/mol. The first kappa shape index (κ1) is 15.4. The molecule has 0 aliphatic heterocycles. The first-order valence-electron chi connectivity index (χ1n) is 7.46. The summed E-state index contributed by atoms with van der Waals surface area (Å²) in [7, 11) is 0. The Bertz CT molecular complexity index is 430. The molecule has 0 saturated heterocycles. The summed E-state index contributed by atoms with van der Waals surface area (Å²) in [6.45, 7) is 0.154. The third kappa shape index (κ3) is 4.84. The summed E-state index contributed by atoms with van der Waals surface area (Å²) in [5.41, 5.74) is 0.929. The predicted molar refractivity (Wildman–Crippen MR) is 84.1 cm³/mol. The Morgan fingerprint density at radius 2 is 2.00 bits per heavy atom. The minimum atomic E-state index is 0.0397. The molecule has 1 saturated carbocycles. The molecule has 0 atom stereocenters. The van der Waals surface area contributed by atoms with Gasteiger partial charge in [-0.3, -0.25) is 4.79 Å². The molecule has 2 rings (SSSR count). The van der Waals surface area contributed by atoms with Crippen LogP contribution in [0.5, 0.6) is 0 Å². The molecular formula is C16H23NO2S. The van der Waals surface area contributed by atoms with E-state index in [4.69, 9.17) is 5.11 Å². The second kappa shape index (κ2) is 8.32. The minimum absolute atomic E-state index is 0.0397. The molecule has 0 unspecified atom stereocenters. The first-order chi connectivity index (χ1) is 9.79. The summed E-state index contributed by atoms with van der Waals surface area (Å²) in [6.07, 6.45) is 7.11. The molecule has 20 heavy (non-hydrogen) atoms. The summed E-state index contributed by atoms with van der Waals surface area (Å²) in [5.74, 6) is 0.0397. The highest BCUT2D eigenvalue weighted by atomic mass is 32.2. The molecule has 1 amide bonds. The number of hydrogen-bond donors (Lipinski definition) is 2. The number of carbonyl (C=O) groups excluding carboxylic acids is 1. The third-order valence-electron chi connectivity index (χ3n) is 3.57. The Morgan fingerprint density at radius 3 is 2.75 bits per heavy atom. The number of carbonyl (C=O) groups is 1. The smallest absolute Gasteiger partial charge is 0.224 e. The Hall–Kier alpha value is -1.00. The van der Waals surface area contributed by atoms with Crippen molar-refractivity contribution in [3.8, 4) is 0 Å². The second-order valence-electron chi connectivity index (χ2n) is 5.25. The van der Waals surface area contributed by atoms with E-state index in [1.54, 1.807) is 0 Å². The SMILES string of the molecule is O=C(CCCCO)Nc1ccccc1SC1CCCC1. The lowest BCUT2D eigenvalue weighted by Crippen LogP contribution is -2.12. The Morgan fingerprint density at radius 1 is 1.25 bits per heavy atom. The van der Waals surface area contributed by atoms with Gasteiger partial charge in [-0.1, -0.05) is 25.0 Å². The lowest BCUT2D eigenvalue weighted by Gasteiger charge is -2.14. The van der Waals surface area contributed by atoms with Crippen molar-refractivity contribution in [2.45, 2.75) is 55.1 Å². The number of aliphatic hydroxyl groups excluding tert-OH is 1. The number of nitrogens with one attached hydrogen (secondary N) is 1. The topological polar surface area (TPSA) is 49.3 Å². The molecule has 1 fully saturated rings. The van der Waals surface area contributed by atoms with Gasteiger partial charge in [-0.2, -0.15) is 0 Å².